The molecule has 1 amide bonds. The van der Waals surface area contributed by atoms with Gasteiger partial charge in [-0.15, -0.1) is 0 Å². The first-order chi connectivity index (χ1) is 8.83. The zero-order valence-electron chi connectivity index (χ0n) is 12.1. The number of amides is 1. The highest BCUT2D eigenvalue weighted by atomic mass is 16.6. The number of carbonyl (C=O) groups is 1. The molecule has 0 aliphatic heterocycles. The van der Waals surface area contributed by atoms with E-state index in [4.69, 9.17) is 4.74 Å². The minimum atomic E-state index is -0.439. The lowest BCUT2D eigenvalue weighted by molar-refractivity contribution is 0.0470. The molecule has 1 aliphatic carbocycles. The summed E-state index contributed by atoms with van der Waals surface area (Å²) in [6, 6.07) is 4.33. The molecule has 1 aromatic rings. The number of alkyl carbamates (subject to hydrolysis) is 1. The molecular formula is C15H22N2O2. The summed E-state index contributed by atoms with van der Waals surface area (Å²) in [6.45, 7) is 7.67. The zero-order valence-corrected chi connectivity index (χ0v) is 12.1. The van der Waals surface area contributed by atoms with Crippen molar-refractivity contribution in [3.8, 4) is 0 Å². The first kappa shape index (κ1) is 13.8. The number of aryl methyl sites for hydroxylation is 1. The summed E-state index contributed by atoms with van der Waals surface area (Å²) >= 11 is 0. The fourth-order valence-electron chi connectivity index (χ4n) is 2.23. The van der Waals surface area contributed by atoms with Crippen LogP contribution >= 0.6 is 0 Å². The molecule has 1 aliphatic rings. The third kappa shape index (κ3) is 3.94. The lowest BCUT2D eigenvalue weighted by Crippen LogP contribution is -2.45. The Hall–Kier alpha value is -1.58. The van der Waals surface area contributed by atoms with Crippen LogP contribution in [-0.4, -0.2) is 22.7 Å². The Kier molecular flexibility index (Phi) is 3.78. The molecule has 1 saturated carbocycles. The van der Waals surface area contributed by atoms with Crippen LogP contribution in [0.3, 0.4) is 0 Å². The Bertz CT molecular complexity index is 459. The molecule has 0 unspecified atom stereocenters. The molecule has 0 bridgehead atoms. The summed E-state index contributed by atoms with van der Waals surface area (Å²) in [5.41, 5.74) is 1.92. The van der Waals surface area contributed by atoms with Gasteiger partial charge >= 0.3 is 6.09 Å². The maximum absolute atomic E-state index is 11.6. The summed E-state index contributed by atoms with van der Waals surface area (Å²) in [5, 5.41) is 2.90. The topological polar surface area (TPSA) is 51.2 Å². The molecule has 2 rings (SSSR count). The second-order valence-corrected chi connectivity index (χ2v) is 6.27. The highest BCUT2D eigenvalue weighted by Crippen LogP contribution is 2.36. The van der Waals surface area contributed by atoms with E-state index in [1.54, 1.807) is 0 Å². The van der Waals surface area contributed by atoms with Crippen molar-refractivity contribution in [2.24, 2.45) is 0 Å². The minimum absolute atomic E-state index is 0.210. The molecular weight excluding hydrogens is 240 g/mol. The largest absolute Gasteiger partial charge is 0.444 e. The predicted octanol–water partition coefficient (Wildman–Crippen LogP) is 3.16. The molecule has 4 heteroatoms. The van der Waals surface area contributed by atoms with Gasteiger partial charge in [-0.3, -0.25) is 4.98 Å². The lowest BCUT2D eigenvalue weighted by atomic mass is 9.78. The molecule has 0 spiro atoms. The van der Waals surface area contributed by atoms with Gasteiger partial charge in [0.05, 0.1) is 0 Å². The van der Waals surface area contributed by atoms with Crippen LogP contribution < -0.4 is 5.32 Å². The standard InChI is InChI=1S/C15H22N2O2/c1-10-5-6-16-13(7-10)11-8-12(9-11)17-14(18)19-15(2,3)4/h5-7,11-12H,8-9H2,1-4H3,(H,17,18). The van der Waals surface area contributed by atoms with E-state index >= 15 is 0 Å². The summed E-state index contributed by atoms with van der Waals surface area (Å²) in [5.74, 6) is 0.458. The van der Waals surface area contributed by atoms with Crippen LogP contribution in [-0.2, 0) is 4.74 Å². The van der Waals surface area contributed by atoms with Crippen molar-refractivity contribution in [2.75, 3.05) is 0 Å². The van der Waals surface area contributed by atoms with Crippen LogP contribution in [0.4, 0.5) is 4.79 Å². The molecule has 1 aromatic heterocycles. The van der Waals surface area contributed by atoms with Gasteiger partial charge in [-0.05, 0) is 58.2 Å². The van der Waals surface area contributed by atoms with E-state index in [9.17, 15) is 4.79 Å². The molecule has 1 heterocycles. The molecule has 19 heavy (non-hydrogen) atoms. The predicted molar refractivity (Wildman–Crippen MR) is 74.1 cm³/mol. The van der Waals surface area contributed by atoms with Crippen molar-refractivity contribution in [3.63, 3.8) is 0 Å². The maximum atomic E-state index is 11.6. The van der Waals surface area contributed by atoms with E-state index in [-0.39, 0.29) is 12.1 Å². The van der Waals surface area contributed by atoms with E-state index in [1.807, 2.05) is 33.0 Å². The smallest absolute Gasteiger partial charge is 0.407 e. The second kappa shape index (κ2) is 5.19. The highest BCUT2D eigenvalue weighted by molar-refractivity contribution is 5.68. The number of aromatic nitrogens is 1. The van der Waals surface area contributed by atoms with E-state index in [2.05, 4.69) is 23.3 Å². The van der Waals surface area contributed by atoms with Crippen molar-refractivity contribution < 1.29 is 9.53 Å². The molecule has 0 radical (unpaired) electrons. The fourth-order valence-corrected chi connectivity index (χ4v) is 2.23. The monoisotopic (exact) mass is 262 g/mol. The number of carbonyl (C=O) groups excluding carboxylic acids is 1. The van der Waals surface area contributed by atoms with Crippen LogP contribution in [0, 0.1) is 6.92 Å². The van der Waals surface area contributed by atoms with Gasteiger partial charge in [-0.2, -0.15) is 0 Å². The van der Waals surface area contributed by atoms with Crippen molar-refractivity contribution in [1.29, 1.82) is 0 Å². The van der Waals surface area contributed by atoms with Crippen LogP contribution in [0.2, 0.25) is 0 Å². The summed E-state index contributed by atoms with van der Waals surface area (Å²) in [6.07, 6.45) is 3.40. The van der Waals surface area contributed by atoms with Gasteiger partial charge in [0.15, 0.2) is 0 Å². The Labute approximate surface area is 114 Å². The summed E-state index contributed by atoms with van der Waals surface area (Å²) < 4.78 is 5.24. The van der Waals surface area contributed by atoms with Crippen LogP contribution in [0.15, 0.2) is 18.3 Å². The van der Waals surface area contributed by atoms with Crippen LogP contribution in [0.25, 0.3) is 0 Å². The highest BCUT2D eigenvalue weighted by Gasteiger charge is 2.33. The normalized spacial score (nSPS) is 22.5. The SMILES string of the molecule is Cc1ccnc(C2CC(NC(=O)OC(C)(C)C)C2)c1. The third-order valence-corrected chi connectivity index (χ3v) is 3.21. The quantitative estimate of drug-likeness (QED) is 0.890. The number of nitrogens with zero attached hydrogens (tertiary/aromatic N) is 1. The van der Waals surface area contributed by atoms with Gasteiger partial charge in [-0.1, -0.05) is 0 Å². The number of ether oxygens (including phenoxy) is 1. The van der Waals surface area contributed by atoms with E-state index < -0.39 is 5.60 Å². The van der Waals surface area contributed by atoms with Crippen molar-refractivity contribution in [1.82, 2.24) is 10.3 Å². The van der Waals surface area contributed by atoms with Crippen LogP contribution in [0.5, 0.6) is 0 Å². The zero-order chi connectivity index (χ0) is 14.0. The Morgan fingerprint density at radius 1 is 1.42 bits per heavy atom. The first-order valence-corrected chi connectivity index (χ1v) is 6.75. The Morgan fingerprint density at radius 2 is 2.11 bits per heavy atom. The van der Waals surface area contributed by atoms with Crippen LogP contribution in [0.1, 0.15) is 50.8 Å². The number of hydrogen-bond acceptors (Lipinski definition) is 3. The first-order valence-electron chi connectivity index (χ1n) is 6.75. The molecule has 0 atom stereocenters. The molecule has 1 fully saturated rings. The van der Waals surface area contributed by atoms with Gasteiger partial charge in [0.25, 0.3) is 0 Å². The molecule has 104 valence electrons. The van der Waals surface area contributed by atoms with Crippen molar-refractivity contribution in [2.45, 2.75) is 58.1 Å². The second-order valence-electron chi connectivity index (χ2n) is 6.27. The number of nitrogens with one attached hydrogen (secondary N) is 1. The van der Waals surface area contributed by atoms with Gasteiger partial charge in [0.2, 0.25) is 0 Å². The third-order valence-electron chi connectivity index (χ3n) is 3.21. The average Bonchev–Trinajstić information content (AvgIpc) is 2.20. The molecule has 4 nitrogen and oxygen atoms in total. The van der Waals surface area contributed by atoms with E-state index in [0.29, 0.717) is 5.92 Å². The van der Waals surface area contributed by atoms with Gasteiger partial charge in [0.1, 0.15) is 5.60 Å². The van der Waals surface area contributed by atoms with Gasteiger partial charge in [0, 0.05) is 23.9 Å². The van der Waals surface area contributed by atoms with Gasteiger partial charge < -0.3 is 10.1 Å². The molecule has 0 saturated heterocycles. The minimum Gasteiger partial charge on any atom is -0.444 e. The van der Waals surface area contributed by atoms with Crippen molar-refractivity contribution >= 4 is 6.09 Å². The number of pyridine rings is 1. The maximum Gasteiger partial charge on any atom is 0.407 e. The van der Waals surface area contributed by atoms with Gasteiger partial charge in [-0.25, -0.2) is 4.79 Å². The molecule has 1 N–H and O–H groups in total. The van der Waals surface area contributed by atoms with Crippen molar-refractivity contribution in [3.05, 3.63) is 29.6 Å². The Balaban J connectivity index is 1.79. The Morgan fingerprint density at radius 3 is 2.68 bits per heavy atom. The summed E-state index contributed by atoms with van der Waals surface area (Å²) in [7, 11) is 0. The number of rotatable bonds is 2. The lowest BCUT2D eigenvalue weighted by Gasteiger charge is -2.35. The average molecular weight is 262 g/mol. The summed E-state index contributed by atoms with van der Waals surface area (Å²) in [4.78, 5) is 16.0. The van der Waals surface area contributed by atoms with E-state index in [0.717, 1.165) is 18.5 Å². The fraction of sp³-hybridized carbons (Fsp3) is 0.600. The molecule has 0 aromatic carbocycles. The number of hydrogen-bond donors (Lipinski definition) is 1. The van der Waals surface area contributed by atoms with E-state index in [1.165, 1.54) is 5.56 Å².